The van der Waals surface area contributed by atoms with Crippen molar-refractivity contribution in [2.24, 2.45) is 5.41 Å². The summed E-state index contributed by atoms with van der Waals surface area (Å²) in [6.07, 6.45) is 1.59. The van der Waals surface area contributed by atoms with Crippen LogP contribution >= 0.6 is 0 Å². The van der Waals surface area contributed by atoms with Crippen molar-refractivity contribution in [3.63, 3.8) is 0 Å². The summed E-state index contributed by atoms with van der Waals surface area (Å²) >= 11 is 0. The molecule has 2 amide bonds. The smallest absolute Gasteiger partial charge is 0.240 e. The van der Waals surface area contributed by atoms with Crippen LogP contribution in [-0.2, 0) is 9.59 Å². The minimum absolute atomic E-state index is 0.121. The van der Waals surface area contributed by atoms with E-state index in [1.165, 1.54) is 4.90 Å². The SMILES string of the molecule is CCC1(CC)CC(=O)N(c2cccc(C#CCO)c2)C1=O. The molecule has 0 bridgehead atoms. The number of rotatable bonds is 3. The van der Waals surface area contributed by atoms with Crippen molar-refractivity contribution in [2.75, 3.05) is 11.5 Å². The predicted molar refractivity (Wildman–Crippen MR) is 80.5 cm³/mol. The number of amides is 2. The Morgan fingerprint density at radius 1 is 1.29 bits per heavy atom. The van der Waals surface area contributed by atoms with Crippen LogP contribution in [0.5, 0.6) is 0 Å². The Bertz CT molecular complexity index is 620. The number of carbonyl (C=O) groups is 2. The number of aliphatic hydroxyl groups excluding tert-OH is 1. The molecule has 0 atom stereocenters. The molecule has 1 aromatic carbocycles. The van der Waals surface area contributed by atoms with Gasteiger partial charge in [-0.25, -0.2) is 0 Å². The van der Waals surface area contributed by atoms with Gasteiger partial charge in [-0.3, -0.25) is 14.5 Å². The van der Waals surface area contributed by atoms with Crippen LogP contribution in [-0.4, -0.2) is 23.5 Å². The summed E-state index contributed by atoms with van der Waals surface area (Å²) < 4.78 is 0. The van der Waals surface area contributed by atoms with Crippen LogP contribution in [0.15, 0.2) is 24.3 Å². The number of benzene rings is 1. The third kappa shape index (κ3) is 2.70. The zero-order valence-electron chi connectivity index (χ0n) is 12.3. The molecule has 1 aromatic rings. The summed E-state index contributed by atoms with van der Waals surface area (Å²) in [5, 5.41) is 8.73. The highest BCUT2D eigenvalue weighted by Crippen LogP contribution is 2.41. The topological polar surface area (TPSA) is 57.6 Å². The Morgan fingerprint density at radius 2 is 2.00 bits per heavy atom. The normalized spacial score (nSPS) is 16.8. The summed E-state index contributed by atoms with van der Waals surface area (Å²) in [6.45, 7) is 3.67. The number of nitrogens with zero attached hydrogens (tertiary/aromatic N) is 1. The molecule has 0 aliphatic carbocycles. The van der Waals surface area contributed by atoms with Crippen molar-refractivity contribution in [2.45, 2.75) is 33.1 Å². The van der Waals surface area contributed by atoms with Gasteiger partial charge >= 0.3 is 0 Å². The van der Waals surface area contributed by atoms with E-state index in [2.05, 4.69) is 11.8 Å². The fraction of sp³-hybridized carbons (Fsp3) is 0.412. The van der Waals surface area contributed by atoms with Crippen LogP contribution in [0.1, 0.15) is 38.7 Å². The maximum Gasteiger partial charge on any atom is 0.240 e. The molecule has 1 fully saturated rings. The van der Waals surface area contributed by atoms with E-state index in [0.717, 1.165) is 0 Å². The largest absolute Gasteiger partial charge is 0.384 e. The van der Waals surface area contributed by atoms with Gasteiger partial charge in [-0.1, -0.05) is 31.8 Å². The molecule has 0 saturated carbocycles. The van der Waals surface area contributed by atoms with E-state index in [4.69, 9.17) is 5.11 Å². The van der Waals surface area contributed by atoms with Gasteiger partial charge in [-0.15, -0.1) is 0 Å². The van der Waals surface area contributed by atoms with Crippen LogP contribution in [0.2, 0.25) is 0 Å². The molecule has 2 rings (SSSR count). The van der Waals surface area contributed by atoms with Crippen molar-refractivity contribution >= 4 is 17.5 Å². The molecule has 0 radical (unpaired) electrons. The first-order valence-electron chi connectivity index (χ1n) is 7.15. The molecule has 4 nitrogen and oxygen atoms in total. The molecular formula is C17H19NO3. The van der Waals surface area contributed by atoms with Crippen LogP contribution in [0, 0.1) is 17.3 Å². The van der Waals surface area contributed by atoms with E-state index in [1.54, 1.807) is 24.3 Å². The van der Waals surface area contributed by atoms with E-state index in [0.29, 0.717) is 24.1 Å². The minimum atomic E-state index is -0.566. The van der Waals surface area contributed by atoms with Crippen molar-refractivity contribution in [1.82, 2.24) is 0 Å². The lowest BCUT2D eigenvalue weighted by atomic mass is 9.81. The maximum atomic E-state index is 12.7. The Labute approximate surface area is 124 Å². The summed E-state index contributed by atoms with van der Waals surface area (Å²) in [4.78, 5) is 26.2. The number of carbonyl (C=O) groups excluding carboxylic acids is 2. The highest BCUT2D eigenvalue weighted by Gasteiger charge is 2.49. The summed E-state index contributed by atoms with van der Waals surface area (Å²) in [5.41, 5.74) is 0.662. The van der Waals surface area contributed by atoms with Crippen LogP contribution in [0.3, 0.4) is 0 Å². The third-order valence-corrected chi connectivity index (χ3v) is 4.17. The number of hydrogen-bond acceptors (Lipinski definition) is 3. The third-order valence-electron chi connectivity index (χ3n) is 4.17. The van der Waals surface area contributed by atoms with Gasteiger partial charge in [0.15, 0.2) is 0 Å². The monoisotopic (exact) mass is 285 g/mol. The molecule has 0 aromatic heterocycles. The fourth-order valence-corrected chi connectivity index (χ4v) is 2.72. The molecule has 1 heterocycles. The average Bonchev–Trinajstić information content (AvgIpc) is 2.76. The Morgan fingerprint density at radius 3 is 2.57 bits per heavy atom. The number of aliphatic hydroxyl groups is 1. The quantitative estimate of drug-likeness (QED) is 0.683. The molecular weight excluding hydrogens is 266 g/mol. The standard InChI is InChI=1S/C17H19NO3/c1-3-17(4-2)12-15(20)18(16(17)21)14-9-5-7-13(11-14)8-6-10-19/h5,7,9,11,19H,3-4,10,12H2,1-2H3. The zero-order chi connectivity index (χ0) is 15.5. The molecule has 1 N–H and O–H groups in total. The lowest BCUT2D eigenvalue weighted by Gasteiger charge is -2.23. The predicted octanol–water partition coefficient (Wildman–Crippen LogP) is 2.10. The number of anilines is 1. The van der Waals surface area contributed by atoms with Gasteiger partial charge in [0, 0.05) is 12.0 Å². The highest BCUT2D eigenvalue weighted by molar-refractivity contribution is 6.22. The zero-order valence-corrected chi connectivity index (χ0v) is 12.3. The molecule has 1 saturated heterocycles. The molecule has 1 aliphatic rings. The van der Waals surface area contributed by atoms with Crippen molar-refractivity contribution in [1.29, 1.82) is 0 Å². The maximum absolute atomic E-state index is 12.7. The van der Waals surface area contributed by atoms with Crippen molar-refractivity contribution in [3.8, 4) is 11.8 Å². The molecule has 0 spiro atoms. The van der Waals surface area contributed by atoms with Crippen LogP contribution in [0.25, 0.3) is 0 Å². The van der Waals surface area contributed by atoms with Crippen molar-refractivity contribution < 1.29 is 14.7 Å². The first kappa shape index (κ1) is 15.3. The van der Waals surface area contributed by atoms with Crippen LogP contribution in [0.4, 0.5) is 5.69 Å². The first-order chi connectivity index (χ1) is 10.1. The first-order valence-corrected chi connectivity index (χ1v) is 7.15. The molecule has 110 valence electrons. The lowest BCUT2D eigenvalue weighted by Crippen LogP contribution is -2.35. The Balaban J connectivity index is 2.38. The molecule has 4 heteroatoms. The van der Waals surface area contributed by atoms with Gasteiger partial charge in [0.2, 0.25) is 11.8 Å². The Hall–Kier alpha value is -2.12. The highest BCUT2D eigenvalue weighted by atomic mass is 16.2. The molecule has 21 heavy (non-hydrogen) atoms. The van der Waals surface area contributed by atoms with E-state index < -0.39 is 5.41 Å². The van der Waals surface area contributed by atoms with Gasteiger partial charge in [0.05, 0.1) is 11.1 Å². The molecule has 1 aliphatic heterocycles. The fourth-order valence-electron chi connectivity index (χ4n) is 2.72. The number of imide groups is 1. The molecule has 0 unspecified atom stereocenters. The minimum Gasteiger partial charge on any atom is -0.384 e. The van der Waals surface area contributed by atoms with E-state index in [-0.39, 0.29) is 24.8 Å². The second kappa shape index (κ2) is 6.11. The van der Waals surface area contributed by atoms with Gasteiger partial charge < -0.3 is 5.11 Å². The van der Waals surface area contributed by atoms with E-state index in [1.807, 2.05) is 13.8 Å². The Kier molecular flexibility index (Phi) is 4.44. The lowest BCUT2D eigenvalue weighted by molar-refractivity contribution is -0.126. The van der Waals surface area contributed by atoms with Gasteiger partial charge in [0.25, 0.3) is 0 Å². The van der Waals surface area contributed by atoms with Gasteiger partial charge in [-0.05, 0) is 31.0 Å². The van der Waals surface area contributed by atoms with Crippen LogP contribution < -0.4 is 4.90 Å². The van der Waals surface area contributed by atoms with E-state index in [9.17, 15) is 9.59 Å². The second-order valence-electron chi connectivity index (χ2n) is 5.21. The van der Waals surface area contributed by atoms with E-state index >= 15 is 0 Å². The van der Waals surface area contributed by atoms with Crippen molar-refractivity contribution in [3.05, 3.63) is 29.8 Å². The second-order valence-corrected chi connectivity index (χ2v) is 5.21. The van der Waals surface area contributed by atoms with Gasteiger partial charge in [-0.2, -0.15) is 0 Å². The summed E-state index contributed by atoms with van der Waals surface area (Å²) in [5.74, 6) is 5.07. The average molecular weight is 285 g/mol. The number of hydrogen-bond donors (Lipinski definition) is 1. The summed E-state index contributed by atoms with van der Waals surface area (Å²) in [6, 6.07) is 6.99. The van der Waals surface area contributed by atoms with Gasteiger partial charge in [0.1, 0.15) is 6.61 Å². The summed E-state index contributed by atoms with van der Waals surface area (Å²) in [7, 11) is 0.